The molecule has 1 atom stereocenters. The van der Waals surface area contributed by atoms with Crippen LogP contribution in [0.25, 0.3) is 0 Å². The van der Waals surface area contributed by atoms with Gasteiger partial charge in [0.1, 0.15) is 12.7 Å². The summed E-state index contributed by atoms with van der Waals surface area (Å²) in [5.41, 5.74) is -0.0292. The van der Waals surface area contributed by atoms with Crippen molar-refractivity contribution in [2.45, 2.75) is 6.10 Å². The normalized spacial score (nSPS) is 18.9. The van der Waals surface area contributed by atoms with Crippen LogP contribution in [0.15, 0.2) is 18.2 Å². The molecule has 104 valence electrons. The zero-order valence-corrected chi connectivity index (χ0v) is 10.6. The number of nitro groups is 1. The zero-order valence-electron chi connectivity index (χ0n) is 10.6. The molecule has 0 radical (unpaired) electrons. The highest BCUT2D eigenvalue weighted by Gasteiger charge is 2.17. The van der Waals surface area contributed by atoms with Gasteiger partial charge in [-0.2, -0.15) is 0 Å². The second kappa shape index (κ2) is 6.35. The highest BCUT2D eigenvalue weighted by atomic mass is 16.6. The first-order valence-electron chi connectivity index (χ1n) is 5.98. The fourth-order valence-corrected chi connectivity index (χ4v) is 1.80. The zero-order chi connectivity index (χ0) is 13.7. The van der Waals surface area contributed by atoms with Crippen LogP contribution in [0.4, 0.5) is 5.69 Å². The number of methoxy groups -OCH3 is 1. The Morgan fingerprint density at radius 1 is 1.53 bits per heavy atom. The molecule has 0 amide bonds. The lowest BCUT2D eigenvalue weighted by Gasteiger charge is -2.23. The number of nitrogens with zero attached hydrogens (tertiary/aromatic N) is 1. The Labute approximate surface area is 110 Å². The molecule has 1 unspecified atom stereocenters. The van der Waals surface area contributed by atoms with Crippen LogP contribution in [0, 0.1) is 10.1 Å². The van der Waals surface area contributed by atoms with E-state index < -0.39 is 4.92 Å². The molecule has 1 aromatic rings. The fraction of sp³-hybridized carbons (Fsp3) is 0.500. The van der Waals surface area contributed by atoms with Crippen LogP contribution in [0.3, 0.4) is 0 Å². The van der Waals surface area contributed by atoms with Gasteiger partial charge in [-0.25, -0.2) is 0 Å². The van der Waals surface area contributed by atoms with Crippen molar-refractivity contribution in [3.05, 3.63) is 28.3 Å². The van der Waals surface area contributed by atoms with Crippen molar-refractivity contribution < 1.29 is 19.1 Å². The Morgan fingerprint density at radius 3 is 3.00 bits per heavy atom. The molecule has 2 rings (SSSR count). The maximum absolute atomic E-state index is 10.7. The number of nitrogens with one attached hydrogen (secondary N) is 1. The van der Waals surface area contributed by atoms with Crippen molar-refractivity contribution in [1.82, 2.24) is 5.32 Å². The van der Waals surface area contributed by atoms with Crippen LogP contribution in [0.5, 0.6) is 11.5 Å². The lowest BCUT2D eigenvalue weighted by atomic mass is 10.2. The van der Waals surface area contributed by atoms with Gasteiger partial charge < -0.3 is 19.5 Å². The van der Waals surface area contributed by atoms with Crippen molar-refractivity contribution in [3.8, 4) is 11.5 Å². The minimum Gasteiger partial charge on any atom is -0.493 e. The van der Waals surface area contributed by atoms with Crippen LogP contribution < -0.4 is 14.8 Å². The number of non-ortho nitro benzene ring substituents is 1. The first-order valence-corrected chi connectivity index (χ1v) is 5.98. The lowest BCUT2D eigenvalue weighted by molar-refractivity contribution is -0.385. The highest BCUT2D eigenvalue weighted by Crippen LogP contribution is 2.31. The molecule has 0 aliphatic carbocycles. The third-order valence-electron chi connectivity index (χ3n) is 2.79. The number of hydrogen-bond donors (Lipinski definition) is 1. The molecule has 1 aromatic carbocycles. The monoisotopic (exact) mass is 268 g/mol. The molecule has 1 heterocycles. The molecule has 1 fully saturated rings. The van der Waals surface area contributed by atoms with Crippen molar-refractivity contribution >= 4 is 5.69 Å². The predicted molar refractivity (Wildman–Crippen MR) is 67.8 cm³/mol. The van der Waals surface area contributed by atoms with E-state index in [2.05, 4.69) is 5.32 Å². The van der Waals surface area contributed by atoms with Crippen LogP contribution in [0.2, 0.25) is 0 Å². The van der Waals surface area contributed by atoms with E-state index in [0.717, 1.165) is 6.54 Å². The number of rotatable bonds is 5. The van der Waals surface area contributed by atoms with Crippen molar-refractivity contribution in [2.75, 3.05) is 33.4 Å². The minimum atomic E-state index is -0.467. The van der Waals surface area contributed by atoms with E-state index in [4.69, 9.17) is 14.2 Å². The first kappa shape index (κ1) is 13.6. The predicted octanol–water partition coefficient (Wildman–Crippen LogP) is 0.971. The molecule has 7 nitrogen and oxygen atoms in total. The van der Waals surface area contributed by atoms with Gasteiger partial charge in [0.05, 0.1) is 24.7 Å². The molecule has 0 bridgehead atoms. The summed E-state index contributed by atoms with van der Waals surface area (Å²) in [5.74, 6) is 0.820. The largest absolute Gasteiger partial charge is 0.493 e. The van der Waals surface area contributed by atoms with E-state index in [0.29, 0.717) is 31.3 Å². The van der Waals surface area contributed by atoms with Gasteiger partial charge in [-0.15, -0.1) is 0 Å². The van der Waals surface area contributed by atoms with Gasteiger partial charge >= 0.3 is 0 Å². The van der Waals surface area contributed by atoms with E-state index in [9.17, 15) is 10.1 Å². The molecule has 0 aromatic heterocycles. The van der Waals surface area contributed by atoms with Gasteiger partial charge in [0.15, 0.2) is 11.5 Å². The Kier molecular flexibility index (Phi) is 4.53. The molecular formula is C12H16N2O5. The molecular weight excluding hydrogens is 252 g/mol. The van der Waals surface area contributed by atoms with Crippen LogP contribution in [-0.2, 0) is 4.74 Å². The second-order valence-electron chi connectivity index (χ2n) is 4.10. The summed E-state index contributed by atoms with van der Waals surface area (Å²) in [6.45, 7) is 2.50. The lowest BCUT2D eigenvalue weighted by Crippen LogP contribution is -2.41. The first-order chi connectivity index (χ1) is 9.20. The Bertz CT molecular complexity index is 446. The summed E-state index contributed by atoms with van der Waals surface area (Å²) < 4.78 is 16.2. The number of morpholine rings is 1. The van der Waals surface area contributed by atoms with Gasteiger partial charge in [-0.3, -0.25) is 10.1 Å². The minimum absolute atomic E-state index is 0.0292. The van der Waals surface area contributed by atoms with E-state index in [1.807, 2.05) is 0 Å². The topological polar surface area (TPSA) is 82.9 Å². The van der Waals surface area contributed by atoms with Crippen LogP contribution in [-0.4, -0.2) is 44.4 Å². The fourth-order valence-electron chi connectivity index (χ4n) is 1.80. The average molecular weight is 268 g/mol. The van der Waals surface area contributed by atoms with E-state index in [1.165, 1.54) is 25.3 Å². The van der Waals surface area contributed by atoms with E-state index >= 15 is 0 Å². The standard InChI is InChI=1S/C12H16N2O5/c1-17-11-3-2-9(14(15)16)6-12(11)19-8-10-7-13-4-5-18-10/h2-3,6,10,13H,4-5,7-8H2,1H3. The molecule has 1 N–H and O–H groups in total. The number of hydrogen-bond acceptors (Lipinski definition) is 6. The van der Waals surface area contributed by atoms with Crippen molar-refractivity contribution in [3.63, 3.8) is 0 Å². The average Bonchev–Trinajstić information content (AvgIpc) is 2.45. The maximum atomic E-state index is 10.7. The van der Waals surface area contributed by atoms with Gasteiger partial charge in [0.2, 0.25) is 0 Å². The van der Waals surface area contributed by atoms with Crippen molar-refractivity contribution in [2.24, 2.45) is 0 Å². The summed E-state index contributed by atoms with van der Waals surface area (Å²) in [6, 6.07) is 4.26. The number of ether oxygens (including phenoxy) is 3. The summed E-state index contributed by atoms with van der Waals surface area (Å²) in [7, 11) is 1.49. The quantitative estimate of drug-likeness (QED) is 0.633. The summed E-state index contributed by atoms with van der Waals surface area (Å²) in [4.78, 5) is 10.3. The molecule has 1 aliphatic rings. The summed E-state index contributed by atoms with van der Waals surface area (Å²) >= 11 is 0. The third-order valence-corrected chi connectivity index (χ3v) is 2.79. The van der Waals surface area contributed by atoms with E-state index in [-0.39, 0.29) is 11.8 Å². The van der Waals surface area contributed by atoms with E-state index in [1.54, 1.807) is 0 Å². The van der Waals surface area contributed by atoms with Gasteiger partial charge in [0, 0.05) is 19.2 Å². The molecule has 1 aliphatic heterocycles. The van der Waals surface area contributed by atoms with Crippen LogP contribution >= 0.6 is 0 Å². The smallest absolute Gasteiger partial charge is 0.273 e. The molecule has 1 saturated heterocycles. The van der Waals surface area contributed by atoms with Gasteiger partial charge in [-0.1, -0.05) is 0 Å². The molecule has 0 spiro atoms. The second-order valence-corrected chi connectivity index (χ2v) is 4.10. The van der Waals surface area contributed by atoms with Crippen LogP contribution in [0.1, 0.15) is 0 Å². The maximum Gasteiger partial charge on any atom is 0.273 e. The Balaban J connectivity index is 2.04. The molecule has 7 heteroatoms. The molecule has 19 heavy (non-hydrogen) atoms. The summed E-state index contributed by atoms with van der Waals surface area (Å²) in [5, 5.41) is 13.9. The number of benzene rings is 1. The Hall–Kier alpha value is -1.86. The third kappa shape index (κ3) is 3.55. The SMILES string of the molecule is COc1ccc([N+](=O)[O-])cc1OCC1CNCCO1. The van der Waals surface area contributed by atoms with Gasteiger partial charge in [-0.05, 0) is 6.07 Å². The summed E-state index contributed by atoms with van der Waals surface area (Å²) in [6.07, 6.45) is -0.0577. The number of nitro benzene ring substituents is 1. The highest BCUT2D eigenvalue weighted by molar-refractivity contribution is 5.48. The Morgan fingerprint density at radius 2 is 2.37 bits per heavy atom. The van der Waals surface area contributed by atoms with Gasteiger partial charge in [0.25, 0.3) is 5.69 Å². The van der Waals surface area contributed by atoms with Crippen molar-refractivity contribution in [1.29, 1.82) is 0 Å². The molecule has 0 saturated carbocycles.